The van der Waals surface area contributed by atoms with Crippen LogP contribution in [0.25, 0.3) is 0 Å². The van der Waals surface area contributed by atoms with E-state index < -0.39 is 29.4 Å². The molecule has 1 rings (SSSR count). The highest BCUT2D eigenvalue weighted by atomic mass is 19.1. The van der Waals surface area contributed by atoms with Gasteiger partial charge in [-0.1, -0.05) is 0 Å². The second-order valence-corrected chi connectivity index (χ2v) is 4.25. The summed E-state index contributed by atoms with van der Waals surface area (Å²) in [5, 5.41) is 0. The predicted molar refractivity (Wildman–Crippen MR) is 64.8 cm³/mol. The fourth-order valence-corrected chi connectivity index (χ4v) is 1.62. The maximum absolute atomic E-state index is 13.5. The molecule has 1 aromatic rings. The number of ketones is 1. The van der Waals surface area contributed by atoms with Gasteiger partial charge in [-0.2, -0.15) is 0 Å². The van der Waals surface area contributed by atoms with E-state index in [0.29, 0.717) is 0 Å². The highest BCUT2D eigenvalue weighted by Gasteiger charge is 2.27. The SMILES string of the molecule is COC(=O)CC(C(=O)c1cc(F)ccc1F)N(C)C. The lowest BCUT2D eigenvalue weighted by atomic mass is 10.00. The standard InChI is InChI=1S/C13H15F2NO3/c1-16(2)11(7-12(17)19-3)13(18)9-6-8(14)4-5-10(9)15/h4-6,11H,7H2,1-3H3. The highest BCUT2D eigenvalue weighted by molar-refractivity contribution is 6.02. The molecule has 0 saturated carbocycles. The monoisotopic (exact) mass is 271 g/mol. The molecule has 0 amide bonds. The van der Waals surface area contributed by atoms with E-state index in [0.717, 1.165) is 18.2 Å². The molecular formula is C13H15F2NO3. The number of rotatable bonds is 5. The van der Waals surface area contributed by atoms with Gasteiger partial charge in [-0.05, 0) is 32.3 Å². The van der Waals surface area contributed by atoms with Crippen LogP contribution in [-0.2, 0) is 9.53 Å². The number of Topliss-reactive ketones (excluding diaryl/α,β-unsaturated/α-hetero) is 1. The fraction of sp³-hybridized carbons (Fsp3) is 0.385. The number of carbonyl (C=O) groups excluding carboxylic acids is 2. The van der Waals surface area contributed by atoms with Crippen LogP contribution in [0.4, 0.5) is 8.78 Å². The summed E-state index contributed by atoms with van der Waals surface area (Å²) in [5.41, 5.74) is -0.373. The third-order valence-electron chi connectivity index (χ3n) is 2.71. The third-order valence-corrected chi connectivity index (χ3v) is 2.71. The van der Waals surface area contributed by atoms with Gasteiger partial charge in [0, 0.05) is 0 Å². The van der Waals surface area contributed by atoms with Crippen molar-refractivity contribution in [1.82, 2.24) is 4.90 Å². The van der Waals surface area contributed by atoms with Gasteiger partial charge in [-0.25, -0.2) is 8.78 Å². The van der Waals surface area contributed by atoms with Crippen LogP contribution in [0.2, 0.25) is 0 Å². The topological polar surface area (TPSA) is 46.6 Å². The molecule has 19 heavy (non-hydrogen) atoms. The molecule has 4 nitrogen and oxygen atoms in total. The van der Waals surface area contributed by atoms with Crippen LogP contribution in [0, 0.1) is 11.6 Å². The Labute approximate surface area is 110 Å². The number of benzene rings is 1. The number of hydrogen-bond donors (Lipinski definition) is 0. The second kappa shape index (κ2) is 6.38. The Kier molecular flexibility index (Phi) is 5.11. The van der Waals surface area contributed by atoms with Gasteiger partial charge in [0.25, 0.3) is 0 Å². The maximum Gasteiger partial charge on any atom is 0.307 e. The Morgan fingerprint density at radius 2 is 1.95 bits per heavy atom. The Hall–Kier alpha value is -1.82. The van der Waals surface area contributed by atoms with Crippen molar-refractivity contribution in [2.75, 3.05) is 21.2 Å². The zero-order valence-corrected chi connectivity index (χ0v) is 10.9. The molecule has 0 spiro atoms. The summed E-state index contributed by atoms with van der Waals surface area (Å²) in [7, 11) is 4.34. The van der Waals surface area contributed by atoms with Crippen LogP contribution in [0.1, 0.15) is 16.8 Å². The minimum absolute atomic E-state index is 0.224. The molecule has 0 fully saturated rings. The van der Waals surface area contributed by atoms with Gasteiger partial charge >= 0.3 is 5.97 Å². The summed E-state index contributed by atoms with van der Waals surface area (Å²) in [4.78, 5) is 24.9. The highest BCUT2D eigenvalue weighted by Crippen LogP contribution is 2.16. The maximum atomic E-state index is 13.5. The molecule has 0 aliphatic rings. The van der Waals surface area contributed by atoms with Crippen LogP contribution < -0.4 is 0 Å². The molecule has 1 unspecified atom stereocenters. The first kappa shape index (κ1) is 15.2. The van der Waals surface area contributed by atoms with Gasteiger partial charge in [0.2, 0.25) is 0 Å². The van der Waals surface area contributed by atoms with Gasteiger partial charge in [-0.3, -0.25) is 14.5 Å². The molecular weight excluding hydrogens is 256 g/mol. The van der Waals surface area contributed by atoms with E-state index in [1.54, 1.807) is 14.1 Å². The molecule has 6 heteroatoms. The van der Waals surface area contributed by atoms with E-state index in [1.807, 2.05) is 0 Å². The van der Waals surface area contributed by atoms with Crippen molar-refractivity contribution >= 4 is 11.8 Å². The summed E-state index contributed by atoms with van der Waals surface area (Å²) in [5.74, 6) is -2.78. The lowest BCUT2D eigenvalue weighted by Crippen LogP contribution is -2.38. The minimum Gasteiger partial charge on any atom is -0.469 e. The van der Waals surface area contributed by atoms with E-state index in [4.69, 9.17) is 0 Å². The summed E-state index contributed by atoms with van der Waals surface area (Å²) in [6.07, 6.45) is -0.224. The molecule has 1 atom stereocenters. The summed E-state index contributed by atoms with van der Waals surface area (Å²) in [6.45, 7) is 0. The third kappa shape index (κ3) is 3.82. The van der Waals surface area contributed by atoms with Crippen LogP contribution in [0.15, 0.2) is 18.2 Å². The van der Waals surface area contributed by atoms with Crippen molar-refractivity contribution < 1.29 is 23.1 Å². The molecule has 0 aliphatic heterocycles. The smallest absolute Gasteiger partial charge is 0.307 e. The average Bonchev–Trinajstić information content (AvgIpc) is 2.37. The largest absolute Gasteiger partial charge is 0.469 e. The van der Waals surface area contributed by atoms with Crippen LogP contribution >= 0.6 is 0 Å². The normalized spacial score (nSPS) is 12.3. The lowest BCUT2D eigenvalue weighted by molar-refractivity contribution is -0.141. The summed E-state index contributed by atoms with van der Waals surface area (Å²) < 4.78 is 31.1. The zero-order chi connectivity index (χ0) is 14.6. The van der Waals surface area contributed by atoms with Crippen LogP contribution in [-0.4, -0.2) is 43.9 Å². The number of ether oxygens (including phenoxy) is 1. The Morgan fingerprint density at radius 3 is 2.47 bits per heavy atom. The summed E-state index contributed by atoms with van der Waals surface area (Å²) >= 11 is 0. The van der Waals surface area contributed by atoms with Crippen molar-refractivity contribution in [2.24, 2.45) is 0 Å². The first-order valence-corrected chi connectivity index (χ1v) is 5.59. The van der Waals surface area contributed by atoms with Crippen molar-refractivity contribution in [3.8, 4) is 0 Å². The molecule has 0 bridgehead atoms. The molecule has 104 valence electrons. The first-order chi connectivity index (χ1) is 8.86. The van der Waals surface area contributed by atoms with Crippen LogP contribution in [0.5, 0.6) is 0 Å². The molecule has 0 heterocycles. The van der Waals surface area contributed by atoms with Crippen molar-refractivity contribution in [3.05, 3.63) is 35.4 Å². The summed E-state index contributed by atoms with van der Waals surface area (Å²) in [6, 6.07) is 1.74. The Morgan fingerprint density at radius 1 is 1.32 bits per heavy atom. The van der Waals surface area contributed by atoms with E-state index >= 15 is 0 Å². The van der Waals surface area contributed by atoms with Crippen molar-refractivity contribution in [3.63, 3.8) is 0 Å². The van der Waals surface area contributed by atoms with Gasteiger partial charge in [0.05, 0.1) is 25.1 Å². The van der Waals surface area contributed by atoms with Gasteiger partial charge in [0.1, 0.15) is 11.6 Å². The quantitative estimate of drug-likeness (QED) is 0.603. The second-order valence-electron chi connectivity index (χ2n) is 4.25. The first-order valence-electron chi connectivity index (χ1n) is 5.59. The Balaban J connectivity index is 3.05. The average molecular weight is 271 g/mol. The molecule has 0 saturated heterocycles. The number of nitrogens with zero attached hydrogens (tertiary/aromatic N) is 1. The van der Waals surface area contributed by atoms with E-state index in [9.17, 15) is 18.4 Å². The fourth-order valence-electron chi connectivity index (χ4n) is 1.62. The zero-order valence-electron chi connectivity index (χ0n) is 10.9. The Bertz CT molecular complexity index is 489. The minimum atomic E-state index is -0.899. The number of esters is 1. The van der Waals surface area contributed by atoms with Gasteiger partial charge < -0.3 is 4.74 Å². The van der Waals surface area contributed by atoms with E-state index in [-0.39, 0.29) is 12.0 Å². The number of carbonyl (C=O) groups is 2. The number of hydrogen-bond acceptors (Lipinski definition) is 4. The number of likely N-dealkylation sites (N-methyl/N-ethyl adjacent to an activating group) is 1. The van der Waals surface area contributed by atoms with Crippen LogP contribution in [0.3, 0.4) is 0 Å². The van der Waals surface area contributed by atoms with Crippen molar-refractivity contribution in [1.29, 1.82) is 0 Å². The van der Waals surface area contributed by atoms with E-state index in [1.165, 1.54) is 12.0 Å². The molecule has 1 aromatic carbocycles. The van der Waals surface area contributed by atoms with Gasteiger partial charge in [0.15, 0.2) is 5.78 Å². The molecule has 0 aliphatic carbocycles. The van der Waals surface area contributed by atoms with E-state index in [2.05, 4.69) is 4.74 Å². The van der Waals surface area contributed by atoms with Gasteiger partial charge in [-0.15, -0.1) is 0 Å². The predicted octanol–water partition coefficient (Wildman–Crippen LogP) is 1.64. The number of methoxy groups -OCH3 is 1. The lowest BCUT2D eigenvalue weighted by Gasteiger charge is -2.22. The molecule has 0 radical (unpaired) electrons. The molecule has 0 N–H and O–H groups in total. The van der Waals surface area contributed by atoms with Crippen molar-refractivity contribution in [2.45, 2.75) is 12.5 Å². The number of halogens is 2. The molecule has 0 aromatic heterocycles.